The van der Waals surface area contributed by atoms with Gasteiger partial charge in [0.1, 0.15) is 5.82 Å². The van der Waals surface area contributed by atoms with Crippen molar-refractivity contribution in [2.75, 3.05) is 31.1 Å². The summed E-state index contributed by atoms with van der Waals surface area (Å²) in [6.45, 7) is 7.98. The zero-order chi connectivity index (χ0) is 15.4. The molecule has 1 aromatic rings. The molecule has 1 aliphatic rings. The van der Waals surface area contributed by atoms with Crippen LogP contribution in [0.3, 0.4) is 0 Å². The third kappa shape index (κ3) is 3.10. The first kappa shape index (κ1) is 15.6. The Kier molecular flexibility index (Phi) is 5.01. The molecule has 116 valence electrons. The second kappa shape index (κ2) is 6.76. The Balaban J connectivity index is 2.26. The van der Waals surface area contributed by atoms with E-state index >= 15 is 0 Å². The number of nitrogens with two attached hydrogens (primary N) is 1. The molecular weight excluding hydrogens is 271 g/mol. The molecule has 1 fully saturated rings. The van der Waals surface area contributed by atoms with E-state index in [0.717, 1.165) is 32.6 Å². The lowest BCUT2D eigenvalue weighted by molar-refractivity contribution is 0.232. The molecule has 1 saturated heterocycles. The molecule has 1 aromatic carbocycles. The fourth-order valence-corrected chi connectivity index (χ4v) is 3.08. The van der Waals surface area contributed by atoms with Gasteiger partial charge in [-0.3, -0.25) is 4.90 Å². The predicted molar refractivity (Wildman–Crippen MR) is 82.4 cm³/mol. The molecule has 2 rings (SSSR count). The largest absolute Gasteiger partial charge is 0.409 e. The van der Waals surface area contributed by atoms with E-state index < -0.39 is 5.82 Å². The average Bonchev–Trinajstić information content (AvgIpc) is 2.97. The zero-order valence-corrected chi connectivity index (χ0v) is 12.6. The number of hydrogen-bond acceptors (Lipinski definition) is 4. The highest BCUT2D eigenvalue weighted by molar-refractivity contribution is 6.02. The van der Waals surface area contributed by atoms with Gasteiger partial charge in [-0.1, -0.05) is 25.1 Å². The molecule has 1 unspecified atom stereocenters. The number of anilines is 1. The Morgan fingerprint density at radius 2 is 2.19 bits per heavy atom. The normalized spacial score (nSPS) is 19.5. The molecule has 5 nitrogen and oxygen atoms in total. The van der Waals surface area contributed by atoms with Gasteiger partial charge in [-0.2, -0.15) is 0 Å². The number of halogens is 1. The molecule has 0 saturated carbocycles. The fourth-order valence-electron chi connectivity index (χ4n) is 3.08. The molecule has 1 atom stereocenters. The molecular formula is C15H23FN4O. The summed E-state index contributed by atoms with van der Waals surface area (Å²) in [6.07, 6.45) is 1.04. The van der Waals surface area contributed by atoms with E-state index in [-0.39, 0.29) is 11.4 Å². The lowest BCUT2D eigenvalue weighted by Crippen LogP contribution is -2.37. The van der Waals surface area contributed by atoms with Gasteiger partial charge in [-0.25, -0.2) is 4.39 Å². The summed E-state index contributed by atoms with van der Waals surface area (Å²) < 4.78 is 14.0. The van der Waals surface area contributed by atoms with Crippen molar-refractivity contribution in [3.8, 4) is 0 Å². The maximum atomic E-state index is 14.0. The van der Waals surface area contributed by atoms with E-state index in [4.69, 9.17) is 10.9 Å². The van der Waals surface area contributed by atoms with Crippen LogP contribution in [0.25, 0.3) is 0 Å². The van der Waals surface area contributed by atoms with Gasteiger partial charge in [-0.15, -0.1) is 0 Å². The van der Waals surface area contributed by atoms with Crippen molar-refractivity contribution in [3.63, 3.8) is 0 Å². The summed E-state index contributed by atoms with van der Waals surface area (Å²) in [6, 6.07) is 5.27. The van der Waals surface area contributed by atoms with Crippen molar-refractivity contribution in [2.45, 2.75) is 26.3 Å². The summed E-state index contributed by atoms with van der Waals surface area (Å²) in [5.41, 5.74) is 6.51. The standard InChI is InChI=1S/C15H23FN4O/c1-3-19(4-2)11-8-9-20(10-11)13-7-5-6-12(16)14(13)15(17)18-21/h5-7,11,21H,3-4,8-10H2,1-2H3,(H2,17,18). The first-order valence-corrected chi connectivity index (χ1v) is 7.37. The second-order valence-corrected chi connectivity index (χ2v) is 5.23. The molecule has 0 spiro atoms. The molecule has 0 aliphatic carbocycles. The van der Waals surface area contributed by atoms with Crippen LogP contribution in [0.15, 0.2) is 23.4 Å². The predicted octanol–water partition coefficient (Wildman–Crippen LogP) is 1.84. The number of amidine groups is 1. The van der Waals surface area contributed by atoms with E-state index in [1.807, 2.05) is 6.07 Å². The van der Waals surface area contributed by atoms with E-state index in [1.54, 1.807) is 6.07 Å². The summed E-state index contributed by atoms with van der Waals surface area (Å²) in [5.74, 6) is -0.650. The minimum absolute atomic E-state index is 0.181. The van der Waals surface area contributed by atoms with Crippen LogP contribution in [0.1, 0.15) is 25.8 Å². The quantitative estimate of drug-likeness (QED) is 0.376. The van der Waals surface area contributed by atoms with Gasteiger partial charge in [0, 0.05) is 19.1 Å². The smallest absolute Gasteiger partial charge is 0.175 e. The van der Waals surface area contributed by atoms with Crippen LogP contribution < -0.4 is 10.6 Å². The Labute approximate surface area is 124 Å². The van der Waals surface area contributed by atoms with Gasteiger partial charge >= 0.3 is 0 Å². The van der Waals surface area contributed by atoms with Crippen molar-refractivity contribution in [1.82, 2.24) is 4.90 Å². The third-order valence-corrected chi connectivity index (χ3v) is 4.19. The summed E-state index contributed by atoms with van der Waals surface area (Å²) in [4.78, 5) is 4.52. The van der Waals surface area contributed by atoms with E-state index in [1.165, 1.54) is 6.07 Å². The van der Waals surface area contributed by atoms with Crippen molar-refractivity contribution >= 4 is 11.5 Å². The molecule has 3 N–H and O–H groups in total. The fraction of sp³-hybridized carbons (Fsp3) is 0.533. The van der Waals surface area contributed by atoms with Crippen molar-refractivity contribution in [2.24, 2.45) is 10.9 Å². The highest BCUT2D eigenvalue weighted by atomic mass is 19.1. The highest BCUT2D eigenvalue weighted by Gasteiger charge is 2.28. The van der Waals surface area contributed by atoms with E-state index in [0.29, 0.717) is 11.7 Å². The number of oxime groups is 1. The first-order chi connectivity index (χ1) is 10.1. The van der Waals surface area contributed by atoms with Crippen molar-refractivity contribution in [1.29, 1.82) is 0 Å². The number of rotatable bonds is 5. The Hall–Kier alpha value is -1.82. The molecule has 1 aliphatic heterocycles. The van der Waals surface area contributed by atoms with Crippen LogP contribution >= 0.6 is 0 Å². The molecule has 1 heterocycles. The maximum absolute atomic E-state index is 14.0. The molecule has 0 amide bonds. The van der Waals surface area contributed by atoms with Gasteiger partial charge in [0.15, 0.2) is 5.84 Å². The lowest BCUT2D eigenvalue weighted by atomic mass is 10.1. The van der Waals surface area contributed by atoms with Gasteiger partial charge in [0.25, 0.3) is 0 Å². The van der Waals surface area contributed by atoms with Gasteiger partial charge in [-0.05, 0) is 31.6 Å². The average molecular weight is 294 g/mol. The lowest BCUT2D eigenvalue weighted by Gasteiger charge is -2.27. The molecule has 6 heteroatoms. The topological polar surface area (TPSA) is 65.1 Å². The number of hydrogen-bond donors (Lipinski definition) is 2. The number of likely N-dealkylation sites (N-methyl/N-ethyl adjacent to an activating group) is 1. The summed E-state index contributed by atoms with van der Waals surface area (Å²) in [7, 11) is 0. The zero-order valence-electron chi connectivity index (χ0n) is 12.6. The van der Waals surface area contributed by atoms with Crippen LogP contribution in [-0.2, 0) is 0 Å². The summed E-state index contributed by atoms with van der Waals surface area (Å²) in [5, 5.41) is 11.8. The van der Waals surface area contributed by atoms with Crippen LogP contribution in [0.2, 0.25) is 0 Å². The van der Waals surface area contributed by atoms with E-state index in [2.05, 4.69) is 28.8 Å². The number of nitrogens with zero attached hydrogens (tertiary/aromatic N) is 3. The maximum Gasteiger partial charge on any atom is 0.175 e. The SMILES string of the molecule is CCN(CC)C1CCN(c2cccc(F)c2C(N)=NO)C1. The minimum Gasteiger partial charge on any atom is -0.409 e. The molecule has 0 aromatic heterocycles. The van der Waals surface area contributed by atoms with Crippen molar-refractivity contribution < 1.29 is 9.60 Å². The van der Waals surface area contributed by atoms with Gasteiger partial charge in [0.2, 0.25) is 0 Å². The highest BCUT2D eigenvalue weighted by Crippen LogP contribution is 2.28. The first-order valence-electron chi connectivity index (χ1n) is 7.37. The Bertz CT molecular complexity index is 516. The third-order valence-electron chi connectivity index (χ3n) is 4.19. The molecule has 21 heavy (non-hydrogen) atoms. The van der Waals surface area contributed by atoms with Crippen LogP contribution in [0, 0.1) is 5.82 Å². The van der Waals surface area contributed by atoms with E-state index in [9.17, 15) is 4.39 Å². The number of benzene rings is 1. The minimum atomic E-state index is -0.464. The van der Waals surface area contributed by atoms with Gasteiger partial charge < -0.3 is 15.8 Å². The molecule has 0 bridgehead atoms. The summed E-state index contributed by atoms with van der Waals surface area (Å²) >= 11 is 0. The second-order valence-electron chi connectivity index (χ2n) is 5.23. The van der Waals surface area contributed by atoms with Crippen molar-refractivity contribution in [3.05, 3.63) is 29.6 Å². The molecule has 0 radical (unpaired) electrons. The van der Waals surface area contributed by atoms with Crippen LogP contribution in [-0.4, -0.2) is 48.2 Å². The monoisotopic (exact) mass is 294 g/mol. The van der Waals surface area contributed by atoms with Crippen LogP contribution in [0.4, 0.5) is 10.1 Å². The Morgan fingerprint density at radius 1 is 1.48 bits per heavy atom. The van der Waals surface area contributed by atoms with Gasteiger partial charge in [0.05, 0.1) is 11.3 Å². The van der Waals surface area contributed by atoms with Crippen LogP contribution in [0.5, 0.6) is 0 Å². The Morgan fingerprint density at radius 3 is 2.81 bits per heavy atom.